The van der Waals surface area contributed by atoms with Gasteiger partial charge in [0.1, 0.15) is 5.82 Å². The van der Waals surface area contributed by atoms with Gasteiger partial charge in [-0.05, 0) is 18.6 Å². The van der Waals surface area contributed by atoms with Gasteiger partial charge in [-0.2, -0.15) is 0 Å². The smallest absolute Gasteiger partial charge is 0.228 e. The molecule has 1 atom stereocenters. The van der Waals surface area contributed by atoms with Gasteiger partial charge in [0.15, 0.2) is 0 Å². The van der Waals surface area contributed by atoms with Gasteiger partial charge < -0.3 is 5.32 Å². The molecule has 1 unspecified atom stereocenters. The molecule has 0 aliphatic heterocycles. The molecule has 88 valence electrons. The van der Waals surface area contributed by atoms with Gasteiger partial charge in [0.2, 0.25) is 5.91 Å². The van der Waals surface area contributed by atoms with Crippen LogP contribution in [0.3, 0.4) is 0 Å². The second kappa shape index (κ2) is 6.99. The fourth-order valence-corrected chi connectivity index (χ4v) is 1.52. The molecule has 1 rings (SSSR count). The van der Waals surface area contributed by atoms with Crippen LogP contribution in [0.4, 0.5) is 5.82 Å². The lowest BCUT2D eigenvalue weighted by molar-refractivity contribution is -0.119. The molecule has 0 saturated carbocycles. The van der Waals surface area contributed by atoms with Crippen LogP contribution < -0.4 is 5.32 Å². The van der Waals surface area contributed by atoms with E-state index in [4.69, 9.17) is 0 Å². The Morgan fingerprint density at radius 3 is 2.88 bits per heavy atom. The van der Waals surface area contributed by atoms with Crippen LogP contribution in [0.25, 0.3) is 0 Å². The summed E-state index contributed by atoms with van der Waals surface area (Å²) in [5, 5.41) is 2.82. The number of carbonyl (C=O) groups is 1. The summed E-state index contributed by atoms with van der Waals surface area (Å²) in [4.78, 5) is 15.8. The van der Waals surface area contributed by atoms with Crippen LogP contribution in [0.5, 0.6) is 0 Å². The van der Waals surface area contributed by atoms with E-state index in [1.807, 2.05) is 19.1 Å². The molecular formula is C13H20N2O. The highest BCUT2D eigenvalue weighted by molar-refractivity contribution is 5.91. The van der Waals surface area contributed by atoms with E-state index >= 15 is 0 Å². The summed E-state index contributed by atoms with van der Waals surface area (Å²) in [6, 6.07) is 5.50. The molecule has 0 radical (unpaired) electrons. The third-order valence-corrected chi connectivity index (χ3v) is 2.60. The van der Waals surface area contributed by atoms with Crippen molar-refractivity contribution < 1.29 is 4.79 Å². The minimum Gasteiger partial charge on any atom is -0.310 e. The van der Waals surface area contributed by atoms with Crippen LogP contribution in [0.2, 0.25) is 0 Å². The first-order valence-corrected chi connectivity index (χ1v) is 5.96. The Labute approximate surface area is 97.3 Å². The molecule has 3 heteroatoms. The predicted octanol–water partition coefficient (Wildman–Crippen LogP) is 3.24. The molecule has 0 aliphatic rings. The third kappa shape index (κ3) is 4.43. The van der Waals surface area contributed by atoms with E-state index < -0.39 is 0 Å². The highest BCUT2D eigenvalue weighted by Gasteiger charge is 2.12. The second-order valence-electron chi connectivity index (χ2n) is 4.10. The number of hydrogen-bond donors (Lipinski definition) is 1. The average Bonchev–Trinajstić information content (AvgIpc) is 2.30. The molecule has 16 heavy (non-hydrogen) atoms. The molecule has 1 amide bonds. The summed E-state index contributed by atoms with van der Waals surface area (Å²) >= 11 is 0. The summed E-state index contributed by atoms with van der Waals surface area (Å²) < 4.78 is 0. The Kier molecular flexibility index (Phi) is 5.54. The molecule has 1 N–H and O–H groups in total. The number of nitrogens with zero attached hydrogens (tertiary/aromatic N) is 1. The van der Waals surface area contributed by atoms with E-state index in [0.29, 0.717) is 5.82 Å². The fourth-order valence-electron chi connectivity index (χ4n) is 1.52. The van der Waals surface area contributed by atoms with Gasteiger partial charge in [0.05, 0.1) is 0 Å². The van der Waals surface area contributed by atoms with Crippen molar-refractivity contribution in [1.29, 1.82) is 0 Å². The van der Waals surface area contributed by atoms with Crippen molar-refractivity contribution in [3.63, 3.8) is 0 Å². The number of carbonyl (C=O) groups excluding carboxylic acids is 1. The van der Waals surface area contributed by atoms with Crippen LogP contribution in [0.1, 0.15) is 39.5 Å². The Balaban J connectivity index is 2.34. The maximum absolute atomic E-state index is 11.8. The molecule has 0 saturated heterocycles. The Hall–Kier alpha value is -1.38. The van der Waals surface area contributed by atoms with Crippen molar-refractivity contribution in [2.45, 2.75) is 39.5 Å². The lowest BCUT2D eigenvalue weighted by atomic mass is 10.0. The van der Waals surface area contributed by atoms with Gasteiger partial charge in [0, 0.05) is 12.1 Å². The maximum Gasteiger partial charge on any atom is 0.228 e. The van der Waals surface area contributed by atoms with E-state index in [2.05, 4.69) is 17.2 Å². The number of pyridine rings is 1. The average molecular weight is 220 g/mol. The van der Waals surface area contributed by atoms with Crippen molar-refractivity contribution in [2.75, 3.05) is 5.32 Å². The van der Waals surface area contributed by atoms with Crippen molar-refractivity contribution in [1.82, 2.24) is 4.98 Å². The van der Waals surface area contributed by atoms with Crippen LogP contribution in [-0.4, -0.2) is 10.9 Å². The fraction of sp³-hybridized carbons (Fsp3) is 0.538. The van der Waals surface area contributed by atoms with Gasteiger partial charge in [-0.1, -0.05) is 39.2 Å². The minimum atomic E-state index is 0.0635. The lowest BCUT2D eigenvalue weighted by Gasteiger charge is -2.10. The highest BCUT2D eigenvalue weighted by atomic mass is 16.1. The molecule has 0 fully saturated rings. The number of nitrogens with one attached hydrogen (secondary N) is 1. The second-order valence-corrected chi connectivity index (χ2v) is 4.10. The van der Waals surface area contributed by atoms with Crippen molar-refractivity contribution in [2.24, 2.45) is 5.92 Å². The number of rotatable bonds is 6. The summed E-state index contributed by atoms with van der Waals surface area (Å²) in [6.07, 6.45) is 6.13. The summed E-state index contributed by atoms with van der Waals surface area (Å²) in [7, 11) is 0. The first-order chi connectivity index (χ1) is 7.74. The summed E-state index contributed by atoms with van der Waals surface area (Å²) in [6.45, 7) is 4.13. The van der Waals surface area contributed by atoms with E-state index in [9.17, 15) is 4.79 Å². The van der Waals surface area contributed by atoms with Crippen LogP contribution in [0.15, 0.2) is 24.4 Å². The number of aromatic nitrogens is 1. The van der Waals surface area contributed by atoms with E-state index in [1.165, 1.54) is 12.8 Å². The van der Waals surface area contributed by atoms with Gasteiger partial charge in [-0.15, -0.1) is 0 Å². The molecule has 1 aromatic heterocycles. The summed E-state index contributed by atoms with van der Waals surface area (Å²) in [5.74, 6) is 0.762. The zero-order valence-corrected chi connectivity index (χ0v) is 10.1. The molecule has 0 spiro atoms. The lowest BCUT2D eigenvalue weighted by Crippen LogP contribution is -2.20. The van der Waals surface area contributed by atoms with Crippen molar-refractivity contribution in [3.05, 3.63) is 24.4 Å². The van der Waals surface area contributed by atoms with Crippen molar-refractivity contribution in [3.8, 4) is 0 Å². The monoisotopic (exact) mass is 220 g/mol. The number of amides is 1. The van der Waals surface area contributed by atoms with Gasteiger partial charge in [0.25, 0.3) is 0 Å². The Bertz CT molecular complexity index is 311. The maximum atomic E-state index is 11.8. The van der Waals surface area contributed by atoms with E-state index in [0.717, 1.165) is 12.8 Å². The number of anilines is 1. The number of hydrogen-bond acceptors (Lipinski definition) is 2. The van der Waals surface area contributed by atoms with E-state index in [-0.39, 0.29) is 11.8 Å². The first kappa shape index (κ1) is 12.7. The van der Waals surface area contributed by atoms with Crippen LogP contribution >= 0.6 is 0 Å². The normalized spacial score (nSPS) is 12.1. The molecule has 3 nitrogen and oxygen atoms in total. The van der Waals surface area contributed by atoms with Gasteiger partial charge in [-0.3, -0.25) is 4.79 Å². The Morgan fingerprint density at radius 2 is 2.25 bits per heavy atom. The zero-order chi connectivity index (χ0) is 11.8. The highest BCUT2D eigenvalue weighted by Crippen LogP contribution is 2.11. The largest absolute Gasteiger partial charge is 0.310 e. The molecule has 0 aromatic carbocycles. The zero-order valence-electron chi connectivity index (χ0n) is 10.1. The molecule has 1 heterocycles. The van der Waals surface area contributed by atoms with Gasteiger partial charge in [-0.25, -0.2) is 4.98 Å². The topological polar surface area (TPSA) is 42.0 Å². The molecular weight excluding hydrogens is 200 g/mol. The predicted molar refractivity (Wildman–Crippen MR) is 66.2 cm³/mol. The molecule has 0 aliphatic carbocycles. The minimum absolute atomic E-state index is 0.0635. The van der Waals surface area contributed by atoms with Crippen molar-refractivity contribution >= 4 is 11.7 Å². The third-order valence-electron chi connectivity index (χ3n) is 2.60. The quantitative estimate of drug-likeness (QED) is 0.748. The number of unbranched alkanes of at least 4 members (excludes halogenated alkanes) is 2. The molecule has 1 aromatic rings. The molecule has 0 bridgehead atoms. The first-order valence-electron chi connectivity index (χ1n) is 5.96. The Morgan fingerprint density at radius 1 is 1.44 bits per heavy atom. The van der Waals surface area contributed by atoms with E-state index in [1.54, 1.807) is 12.3 Å². The van der Waals surface area contributed by atoms with Crippen LogP contribution in [0, 0.1) is 5.92 Å². The summed E-state index contributed by atoms with van der Waals surface area (Å²) in [5.41, 5.74) is 0. The van der Waals surface area contributed by atoms with Gasteiger partial charge >= 0.3 is 0 Å². The van der Waals surface area contributed by atoms with Crippen LogP contribution in [-0.2, 0) is 4.79 Å². The SMILES string of the molecule is CCCCCC(C)C(=O)Nc1ccccn1. The standard InChI is InChI=1S/C13H20N2O/c1-3-4-5-8-11(2)13(16)15-12-9-6-7-10-14-12/h6-7,9-11H,3-5,8H2,1-2H3,(H,14,15,16).